The van der Waals surface area contributed by atoms with E-state index in [2.05, 4.69) is 52.3 Å². The van der Waals surface area contributed by atoms with E-state index in [9.17, 15) is 4.79 Å². The van der Waals surface area contributed by atoms with Crippen molar-refractivity contribution in [2.45, 2.75) is 12.5 Å². The highest BCUT2D eigenvalue weighted by atomic mass is 16.1. The maximum atomic E-state index is 12.6. The fraction of sp³-hybridized carbons (Fsp3) is 0.435. The molecule has 2 heterocycles. The molecule has 0 unspecified atom stereocenters. The minimum atomic E-state index is 0.000575. The van der Waals surface area contributed by atoms with Gasteiger partial charge in [0, 0.05) is 57.6 Å². The number of carbonyl (C=O) groups excluding carboxylic acids is 1. The van der Waals surface area contributed by atoms with Crippen molar-refractivity contribution in [1.82, 2.24) is 15.1 Å². The molecular formula is C23H30N4O. The highest BCUT2D eigenvalue weighted by Crippen LogP contribution is 2.31. The fourth-order valence-corrected chi connectivity index (χ4v) is 4.27. The summed E-state index contributed by atoms with van der Waals surface area (Å²) in [4.78, 5) is 19.8. The quantitative estimate of drug-likeness (QED) is 0.867. The minimum absolute atomic E-state index is 0.000575. The van der Waals surface area contributed by atoms with E-state index in [-0.39, 0.29) is 11.9 Å². The van der Waals surface area contributed by atoms with E-state index in [1.807, 2.05) is 30.3 Å². The molecule has 28 heavy (non-hydrogen) atoms. The molecule has 0 bridgehead atoms. The summed E-state index contributed by atoms with van der Waals surface area (Å²) >= 11 is 0. The highest BCUT2D eigenvalue weighted by Gasteiger charge is 2.26. The lowest BCUT2D eigenvalue weighted by Gasteiger charge is -2.38. The summed E-state index contributed by atoms with van der Waals surface area (Å²) in [5, 5.41) is 3.18. The Labute approximate surface area is 167 Å². The van der Waals surface area contributed by atoms with Crippen molar-refractivity contribution >= 4 is 11.6 Å². The minimum Gasteiger partial charge on any atom is -0.374 e. The molecule has 0 aromatic heterocycles. The second-order valence-corrected chi connectivity index (χ2v) is 7.99. The average Bonchev–Trinajstić information content (AvgIpc) is 3.10. The predicted molar refractivity (Wildman–Crippen MR) is 114 cm³/mol. The summed E-state index contributed by atoms with van der Waals surface area (Å²) in [5.74, 6) is 0.000575. The summed E-state index contributed by atoms with van der Waals surface area (Å²) < 4.78 is 0. The number of fused-ring (bicyclic) bond motifs is 1. The first-order chi connectivity index (χ1) is 13.6. The molecule has 2 aliphatic heterocycles. The zero-order valence-corrected chi connectivity index (χ0v) is 16.9. The summed E-state index contributed by atoms with van der Waals surface area (Å²) in [6, 6.07) is 16.5. The van der Waals surface area contributed by atoms with E-state index >= 15 is 0 Å². The molecule has 1 atom stereocenters. The Morgan fingerprint density at radius 1 is 1.00 bits per heavy atom. The number of anilines is 1. The van der Waals surface area contributed by atoms with Gasteiger partial charge in [0.1, 0.15) is 0 Å². The van der Waals surface area contributed by atoms with Crippen molar-refractivity contribution in [2.75, 3.05) is 58.3 Å². The number of benzene rings is 2. The standard InChI is InChI=1S/C23H30N4O/c1-25-12-14-27(15-13-25)22(17-24-23(28)18-6-4-3-5-7-18)19-8-9-21-20(16-19)10-11-26(21)2/h3-9,16,22H,10-15,17H2,1-2H3,(H,24,28)/t22-/m1/s1. The van der Waals surface area contributed by atoms with Crippen LogP contribution in [0.25, 0.3) is 0 Å². The van der Waals surface area contributed by atoms with Gasteiger partial charge in [-0.3, -0.25) is 9.69 Å². The number of carbonyl (C=O) groups is 1. The molecular weight excluding hydrogens is 348 g/mol. The van der Waals surface area contributed by atoms with Crippen LogP contribution >= 0.6 is 0 Å². The molecule has 4 rings (SSSR count). The molecule has 148 valence electrons. The van der Waals surface area contributed by atoms with Crippen LogP contribution in [0.4, 0.5) is 5.69 Å². The van der Waals surface area contributed by atoms with Gasteiger partial charge >= 0.3 is 0 Å². The first kappa shape index (κ1) is 19.0. The third kappa shape index (κ3) is 4.05. The molecule has 5 heteroatoms. The van der Waals surface area contributed by atoms with Gasteiger partial charge in [-0.05, 0) is 42.8 Å². The third-order valence-corrected chi connectivity index (χ3v) is 6.09. The van der Waals surface area contributed by atoms with Crippen molar-refractivity contribution in [3.63, 3.8) is 0 Å². The van der Waals surface area contributed by atoms with Gasteiger partial charge in [0.25, 0.3) is 5.91 Å². The summed E-state index contributed by atoms with van der Waals surface area (Å²) in [7, 11) is 4.33. The number of nitrogens with zero attached hydrogens (tertiary/aromatic N) is 3. The molecule has 2 aromatic carbocycles. The molecule has 1 N–H and O–H groups in total. The van der Waals surface area contributed by atoms with Gasteiger partial charge < -0.3 is 15.1 Å². The van der Waals surface area contributed by atoms with Crippen molar-refractivity contribution in [3.05, 3.63) is 65.2 Å². The third-order valence-electron chi connectivity index (χ3n) is 6.09. The molecule has 0 spiro atoms. The SMILES string of the molecule is CN1CCN([C@H](CNC(=O)c2ccccc2)c2ccc3c(c2)CCN3C)CC1. The monoisotopic (exact) mass is 378 g/mol. The van der Waals surface area contributed by atoms with Crippen LogP contribution in [0.1, 0.15) is 27.5 Å². The number of rotatable bonds is 5. The number of amides is 1. The second-order valence-electron chi connectivity index (χ2n) is 7.99. The smallest absolute Gasteiger partial charge is 0.251 e. The van der Waals surface area contributed by atoms with Crippen LogP contribution in [0.5, 0.6) is 0 Å². The van der Waals surface area contributed by atoms with E-state index < -0.39 is 0 Å². The van der Waals surface area contributed by atoms with Crippen molar-refractivity contribution < 1.29 is 4.79 Å². The zero-order valence-electron chi connectivity index (χ0n) is 16.9. The summed E-state index contributed by atoms with van der Waals surface area (Å²) in [5.41, 5.74) is 4.80. The van der Waals surface area contributed by atoms with Crippen molar-refractivity contribution in [2.24, 2.45) is 0 Å². The van der Waals surface area contributed by atoms with E-state index in [4.69, 9.17) is 0 Å². The van der Waals surface area contributed by atoms with Crippen LogP contribution in [0.3, 0.4) is 0 Å². The second kappa shape index (κ2) is 8.33. The maximum Gasteiger partial charge on any atom is 0.251 e. The lowest BCUT2D eigenvalue weighted by atomic mass is 10.00. The molecule has 0 aliphatic carbocycles. The van der Waals surface area contributed by atoms with Gasteiger partial charge in [-0.15, -0.1) is 0 Å². The van der Waals surface area contributed by atoms with Gasteiger partial charge in [0.05, 0.1) is 6.04 Å². The average molecular weight is 379 g/mol. The van der Waals surface area contributed by atoms with Crippen LogP contribution in [0.2, 0.25) is 0 Å². The predicted octanol–water partition coefficient (Wildman–Crippen LogP) is 2.40. The van der Waals surface area contributed by atoms with E-state index in [0.717, 1.165) is 44.7 Å². The number of piperazine rings is 1. The highest BCUT2D eigenvalue weighted by molar-refractivity contribution is 5.94. The topological polar surface area (TPSA) is 38.8 Å². The first-order valence-electron chi connectivity index (χ1n) is 10.2. The van der Waals surface area contributed by atoms with E-state index in [0.29, 0.717) is 6.54 Å². The normalized spacial score (nSPS) is 18.7. The molecule has 1 amide bonds. The Bertz CT molecular complexity index is 815. The van der Waals surface area contributed by atoms with Crippen molar-refractivity contribution in [1.29, 1.82) is 0 Å². The Balaban J connectivity index is 1.53. The maximum absolute atomic E-state index is 12.6. The number of nitrogens with one attached hydrogen (secondary N) is 1. The molecule has 2 aromatic rings. The zero-order chi connectivity index (χ0) is 19.5. The molecule has 1 fully saturated rings. The van der Waals surface area contributed by atoms with Gasteiger partial charge in [-0.2, -0.15) is 0 Å². The first-order valence-corrected chi connectivity index (χ1v) is 10.2. The largest absolute Gasteiger partial charge is 0.374 e. The molecule has 5 nitrogen and oxygen atoms in total. The Morgan fingerprint density at radius 2 is 1.75 bits per heavy atom. The van der Waals surface area contributed by atoms with Gasteiger partial charge in [0.15, 0.2) is 0 Å². The Hall–Kier alpha value is -2.37. The van der Waals surface area contributed by atoms with Crippen LogP contribution in [-0.4, -0.2) is 69.1 Å². The van der Waals surface area contributed by atoms with Gasteiger partial charge in [0.2, 0.25) is 0 Å². The van der Waals surface area contributed by atoms with Crippen molar-refractivity contribution in [3.8, 4) is 0 Å². The Morgan fingerprint density at radius 3 is 2.50 bits per heavy atom. The van der Waals surface area contributed by atoms with Crippen LogP contribution in [-0.2, 0) is 6.42 Å². The van der Waals surface area contributed by atoms with E-state index in [1.54, 1.807) is 0 Å². The molecule has 0 radical (unpaired) electrons. The van der Waals surface area contributed by atoms with Crippen LogP contribution in [0, 0.1) is 0 Å². The van der Waals surface area contributed by atoms with Crippen LogP contribution < -0.4 is 10.2 Å². The number of hydrogen-bond donors (Lipinski definition) is 1. The summed E-state index contributed by atoms with van der Waals surface area (Å²) in [6.07, 6.45) is 1.10. The van der Waals surface area contributed by atoms with E-state index in [1.165, 1.54) is 16.8 Å². The number of hydrogen-bond acceptors (Lipinski definition) is 4. The van der Waals surface area contributed by atoms with Gasteiger partial charge in [-0.1, -0.05) is 30.3 Å². The lowest BCUT2D eigenvalue weighted by Crippen LogP contribution is -2.48. The molecule has 0 saturated carbocycles. The fourth-order valence-electron chi connectivity index (χ4n) is 4.27. The molecule has 1 saturated heterocycles. The molecule has 2 aliphatic rings. The Kier molecular flexibility index (Phi) is 5.64. The summed E-state index contributed by atoms with van der Waals surface area (Å²) in [6.45, 7) is 5.90. The van der Waals surface area contributed by atoms with Gasteiger partial charge in [-0.25, -0.2) is 0 Å². The van der Waals surface area contributed by atoms with Crippen LogP contribution in [0.15, 0.2) is 48.5 Å². The number of likely N-dealkylation sites (N-methyl/N-ethyl adjacent to an activating group) is 2. The lowest BCUT2D eigenvalue weighted by molar-refractivity contribution is 0.0886.